The summed E-state index contributed by atoms with van der Waals surface area (Å²) in [5.74, 6) is 0.862. The van der Waals surface area contributed by atoms with Crippen LogP contribution in [0.1, 0.15) is 12.0 Å². The number of hydrogen-bond acceptors (Lipinski definition) is 2. The van der Waals surface area contributed by atoms with Crippen molar-refractivity contribution in [3.8, 4) is 5.75 Å². The van der Waals surface area contributed by atoms with Gasteiger partial charge in [-0.2, -0.15) is 0 Å². The SMILES string of the molecule is COc1ccc2cc(CC[C]=O)ccc2c1. The molecule has 81 valence electrons. The summed E-state index contributed by atoms with van der Waals surface area (Å²) in [7, 11) is 1.66. The first-order chi connectivity index (χ1) is 7.83. The molecule has 0 aliphatic heterocycles. The molecule has 2 rings (SSSR count). The largest absolute Gasteiger partial charge is 0.497 e. The minimum absolute atomic E-state index is 0.460. The van der Waals surface area contributed by atoms with Gasteiger partial charge in [0.1, 0.15) is 5.75 Å². The van der Waals surface area contributed by atoms with Crippen LogP contribution in [-0.4, -0.2) is 13.4 Å². The molecule has 0 N–H and O–H groups in total. The first-order valence-corrected chi connectivity index (χ1v) is 5.25. The molecule has 0 unspecified atom stereocenters. The van der Waals surface area contributed by atoms with Crippen molar-refractivity contribution in [2.75, 3.05) is 7.11 Å². The summed E-state index contributed by atoms with van der Waals surface area (Å²) in [6.45, 7) is 0. The second-order valence-corrected chi connectivity index (χ2v) is 3.69. The number of ether oxygens (including phenoxy) is 1. The highest BCUT2D eigenvalue weighted by atomic mass is 16.5. The normalized spacial score (nSPS) is 10.3. The van der Waals surface area contributed by atoms with Crippen LogP contribution in [0.15, 0.2) is 36.4 Å². The fourth-order valence-corrected chi connectivity index (χ4v) is 1.75. The third kappa shape index (κ3) is 2.22. The van der Waals surface area contributed by atoms with Crippen molar-refractivity contribution < 1.29 is 9.53 Å². The van der Waals surface area contributed by atoms with Crippen LogP contribution in [0, 0.1) is 0 Å². The maximum absolute atomic E-state index is 10.2. The molecule has 2 aromatic rings. The molecular formula is C14H13O2. The summed E-state index contributed by atoms with van der Waals surface area (Å²) < 4.78 is 5.17. The highest BCUT2D eigenvalue weighted by Crippen LogP contribution is 2.22. The molecule has 0 saturated heterocycles. The van der Waals surface area contributed by atoms with E-state index in [4.69, 9.17) is 4.74 Å². The first kappa shape index (κ1) is 10.7. The van der Waals surface area contributed by atoms with E-state index in [0.29, 0.717) is 6.42 Å². The Bertz CT molecular complexity index is 503. The Kier molecular flexibility index (Phi) is 3.20. The van der Waals surface area contributed by atoms with Crippen LogP contribution in [0.2, 0.25) is 0 Å². The Morgan fingerprint density at radius 1 is 1.12 bits per heavy atom. The lowest BCUT2D eigenvalue weighted by Gasteiger charge is -2.04. The smallest absolute Gasteiger partial charge is 0.198 e. The lowest BCUT2D eigenvalue weighted by Crippen LogP contribution is -1.87. The molecule has 0 aliphatic carbocycles. The van der Waals surface area contributed by atoms with Gasteiger partial charge in [0, 0.05) is 6.42 Å². The van der Waals surface area contributed by atoms with Crippen LogP contribution in [0.4, 0.5) is 0 Å². The van der Waals surface area contributed by atoms with Crippen molar-refractivity contribution >= 4 is 17.1 Å². The zero-order valence-corrected chi connectivity index (χ0v) is 9.19. The molecule has 0 saturated carbocycles. The molecule has 1 radical (unpaired) electrons. The lowest BCUT2D eigenvalue weighted by molar-refractivity contribution is 0.415. The maximum atomic E-state index is 10.2. The quantitative estimate of drug-likeness (QED) is 0.780. The van der Waals surface area contributed by atoms with E-state index in [1.54, 1.807) is 7.11 Å². The molecule has 16 heavy (non-hydrogen) atoms. The predicted octanol–water partition coefficient (Wildman–Crippen LogP) is 2.89. The summed E-state index contributed by atoms with van der Waals surface area (Å²) in [6.07, 6.45) is 3.13. The van der Waals surface area contributed by atoms with E-state index in [0.717, 1.165) is 17.6 Å². The average Bonchev–Trinajstić information content (AvgIpc) is 2.35. The second-order valence-electron chi connectivity index (χ2n) is 3.69. The van der Waals surface area contributed by atoms with Crippen LogP contribution in [0.3, 0.4) is 0 Å². The molecule has 0 aliphatic rings. The summed E-state index contributed by atoms with van der Waals surface area (Å²) in [6, 6.07) is 12.2. The zero-order valence-electron chi connectivity index (χ0n) is 9.19. The number of methoxy groups -OCH3 is 1. The van der Waals surface area contributed by atoms with Crippen LogP contribution in [0.5, 0.6) is 5.75 Å². The van der Waals surface area contributed by atoms with Gasteiger partial charge in [-0.15, -0.1) is 0 Å². The van der Waals surface area contributed by atoms with Gasteiger partial charge in [-0.05, 0) is 34.9 Å². The lowest BCUT2D eigenvalue weighted by atomic mass is 10.0. The number of rotatable bonds is 4. The molecule has 0 aromatic heterocycles. The summed E-state index contributed by atoms with van der Waals surface area (Å²) >= 11 is 0. The van der Waals surface area contributed by atoms with E-state index in [-0.39, 0.29) is 0 Å². The van der Waals surface area contributed by atoms with E-state index in [2.05, 4.69) is 12.1 Å². The highest BCUT2D eigenvalue weighted by molar-refractivity contribution is 5.84. The minimum atomic E-state index is 0.460. The third-order valence-electron chi connectivity index (χ3n) is 2.63. The summed E-state index contributed by atoms with van der Waals surface area (Å²) in [5, 5.41) is 2.32. The van der Waals surface area contributed by atoms with Gasteiger partial charge in [0.2, 0.25) is 0 Å². The van der Waals surface area contributed by atoms with Gasteiger partial charge in [0.05, 0.1) is 7.11 Å². The molecule has 0 bridgehead atoms. The summed E-state index contributed by atoms with van der Waals surface area (Å²) in [4.78, 5) is 10.2. The molecule has 0 atom stereocenters. The van der Waals surface area contributed by atoms with E-state index in [9.17, 15) is 4.79 Å². The Balaban J connectivity index is 2.35. The van der Waals surface area contributed by atoms with Crippen molar-refractivity contribution in [3.63, 3.8) is 0 Å². The fraction of sp³-hybridized carbons (Fsp3) is 0.214. The van der Waals surface area contributed by atoms with Crippen molar-refractivity contribution in [1.82, 2.24) is 0 Å². The monoisotopic (exact) mass is 213 g/mol. The zero-order chi connectivity index (χ0) is 11.4. The number of fused-ring (bicyclic) bond motifs is 1. The van der Waals surface area contributed by atoms with E-state index >= 15 is 0 Å². The molecule has 2 nitrogen and oxygen atoms in total. The average molecular weight is 213 g/mol. The van der Waals surface area contributed by atoms with E-state index in [1.807, 2.05) is 30.6 Å². The van der Waals surface area contributed by atoms with Gasteiger partial charge < -0.3 is 4.74 Å². The van der Waals surface area contributed by atoms with Crippen LogP contribution >= 0.6 is 0 Å². The Hall–Kier alpha value is -1.83. The number of hydrogen-bond donors (Lipinski definition) is 0. The molecule has 0 amide bonds. The Morgan fingerprint density at radius 3 is 2.62 bits per heavy atom. The Labute approximate surface area is 94.8 Å². The highest BCUT2D eigenvalue weighted by Gasteiger charge is 1.98. The molecule has 2 aromatic carbocycles. The molecule has 0 fully saturated rings. The van der Waals surface area contributed by atoms with Crippen molar-refractivity contribution in [2.45, 2.75) is 12.8 Å². The van der Waals surface area contributed by atoms with Crippen molar-refractivity contribution in [1.29, 1.82) is 0 Å². The van der Waals surface area contributed by atoms with Gasteiger partial charge in [0.15, 0.2) is 6.29 Å². The standard InChI is InChI=1S/C14H13O2/c1-16-14-7-6-12-9-11(3-2-8-15)4-5-13(12)10-14/h4-7,9-10H,2-3H2,1H3. The number of carbonyl (C=O) groups excluding carboxylic acids is 1. The van der Waals surface area contributed by atoms with Gasteiger partial charge in [0.25, 0.3) is 0 Å². The van der Waals surface area contributed by atoms with Crippen LogP contribution < -0.4 is 4.74 Å². The second kappa shape index (κ2) is 4.79. The number of benzene rings is 2. The van der Waals surface area contributed by atoms with Gasteiger partial charge in [-0.1, -0.05) is 24.3 Å². The van der Waals surface area contributed by atoms with Gasteiger partial charge in [-0.25, -0.2) is 0 Å². The molecule has 0 spiro atoms. The summed E-state index contributed by atoms with van der Waals surface area (Å²) in [5.41, 5.74) is 1.17. The molecule has 2 heteroatoms. The molecular weight excluding hydrogens is 200 g/mol. The van der Waals surface area contributed by atoms with Crippen molar-refractivity contribution in [3.05, 3.63) is 42.0 Å². The minimum Gasteiger partial charge on any atom is -0.497 e. The van der Waals surface area contributed by atoms with E-state index < -0.39 is 0 Å². The Morgan fingerprint density at radius 2 is 1.88 bits per heavy atom. The fourth-order valence-electron chi connectivity index (χ4n) is 1.75. The first-order valence-electron chi connectivity index (χ1n) is 5.25. The van der Waals surface area contributed by atoms with Gasteiger partial charge in [-0.3, -0.25) is 4.79 Å². The maximum Gasteiger partial charge on any atom is 0.198 e. The number of aryl methyl sites for hydroxylation is 1. The van der Waals surface area contributed by atoms with Crippen molar-refractivity contribution in [2.24, 2.45) is 0 Å². The van der Waals surface area contributed by atoms with Crippen LogP contribution in [0.25, 0.3) is 10.8 Å². The topological polar surface area (TPSA) is 26.3 Å². The predicted molar refractivity (Wildman–Crippen MR) is 64.5 cm³/mol. The van der Waals surface area contributed by atoms with E-state index in [1.165, 1.54) is 10.9 Å². The van der Waals surface area contributed by atoms with Gasteiger partial charge >= 0.3 is 0 Å². The van der Waals surface area contributed by atoms with Crippen LogP contribution in [-0.2, 0) is 11.2 Å². The third-order valence-corrected chi connectivity index (χ3v) is 2.63. The molecule has 0 heterocycles.